The SMILES string of the molecule is O=C1[C@H]2C=C[C@@H]1N(OCc1ccccc1)C(=O)[C@@H]2Cl. The highest BCUT2D eigenvalue weighted by Crippen LogP contribution is 2.32. The van der Waals surface area contributed by atoms with Gasteiger partial charge in [0, 0.05) is 0 Å². The van der Waals surface area contributed by atoms with E-state index in [-0.39, 0.29) is 18.3 Å². The van der Waals surface area contributed by atoms with Gasteiger partial charge in [-0.3, -0.25) is 14.4 Å². The number of piperidine rings is 1. The second-order valence-electron chi connectivity index (χ2n) is 4.58. The van der Waals surface area contributed by atoms with E-state index in [9.17, 15) is 9.59 Å². The Balaban J connectivity index is 1.75. The van der Waals surface area contributed by atoms with Crippen LogP contribution in [0.4, 0.5) is 0 Å². The van der Waals surface area contributed by atoms with Crippen LogP contribution in [0.3, 0.4) is 0 Å². The molecule has 5 heteroatoms. The number of hydrogen-bond acceptors (Lipinski definition) is 3. The quantitative estimate of drug-likeness (QED) is 0.624. The van der Waals surface area contributed by atoms with E-state index in [1.807, 2.05) is 30.3 Å². The molecule has 0 unspecified atom stereocenters. The molecule has 0 saturated carbocycles. The molecule has 1 heterocycles. The van der Waals surface area contributed by atoms with Gasteiger partial charge in [0.25, 0.3) is 5.91 Å². The Hall–Kier alpha value is -1.65. The number of rotatable bonds is 3. The van der Waals surface area contributed by atoms with Crippen molar-refractivity contribution < 1.29 is 14.4 Å². The van der Waals surface area contributed by atoms with Crippen molar-refractivity contribution in [2.45, 2.75) is 18.0 Å². The van der Waals surface area contributed by atoms with Gasteiger partial charge in [0.15, 0.2) is 5.78 Å². The first kappa shape index (κ1) is 12.4. The van der Waals surface area contributed by atoms with Crippen molar-refractivity contribution in [2.75, 3.05) is 0 Å². The highest BCUT2D eigenvalue weighted by Gasteiger charge is 2.49. The fourth-order valence-corrected chi connectivity index (χ4v) is 2.63. The number of alkyl halides is 1. The lowest BCUT2D eigenvalue weighted by Crippen LogP contribution is -2.54. The number of hydroxylamine groups is 2. The molecule has 2 bridgehead atoms. The van der Waals surface area contributed by atoms with Gasteiger partial charge in [-0.25, -0.2) is 5.06 Å². The number of carbonyl (C=O) groups excluding carboxylic acids is 2. The van der Waals surface area contributed by atoms with Gasteiger partial charge in [0.1, 0.15) is 18.0 Å². The average molecular weight is 278 g/mol. The molecule has 19 heavy (non-hydrogen) atoms. The number of fused-ring (bicyclic) bond motifs is 2. The van der Waals surface area contributed by atoms with Gasteiger partial charge < -0.3 is 0 Å². The highest BCUT2D eigenvalue weighted by atomic mass is 35.5. The Kier molecular flexibility index (Phi) is 3.12. The Morgan fingerprint density at radius 2 is 1.89 bits per heavy atom. The number of nitrogens with zero attached hydrogens (tertiary/aromatic N) is 1. The van der Waals surface area contributed by atoms with Crippen LogP contribution in [0.15, 0.2) is 42.5 Å². The molecule has 1 amide bonds. The van der Waals surface area contributed by atoms with Crippen molar-refractivity contribution in [2.24, 2.45) is 5.92 Å². The third-order valence-corrected chi connectivity index (χ3v) is 3.81. The smallest absolute Gasteiger partial charge is 0.266 e. The topological polar surface area (TPSA) is 46.6 Å². The summed E-state index contributed by atoms with van der Waals surface area (Å²) in [4.78, 5) is 29.5. The summed E-state index contributed by atoms with van der Waals surface area (Å²) in [6, 6.07) is 8.83. The Labute approximate surface area is 115 Å². The summed E-state index contributed by atoms with van der Waals surface area (Å²) < 4.78 is 0. The summed E-state index contributed by atoms with van der Waals surface area (Å²) in [5.41, 5.74) is 0.929. The number of carbonyl (C=O) groups is 2. The zero-order chi connectivity index (χ0) is 13.4. The van der Waals surface area contributed by atoms with Gasteiger partial charge in [0.2, 0.25) is 0 Å². The predicted molar refractivity (Wildman–Crippen MR) is 69.1 cm³/mol. The molecule has 2 aliphatic rings. The number of hydrogen-bond donors (Lipinski definition) is 0. The third kappa shape index (κ3) is 2.07. The van der Waals surface area contributed by atoms with Crippen molar-refractivity contribution in [1.29, 1.82) is 0 Å². The monoisotopic (exact) mass is 277 g/mol. The van der Waals surface area contributed by atoms with Gasteiger partial charge in [0.05, 0.1) is 5.92 Å². The number of amides is 1. The van der Waals surface area contributed by atoms with E-state index in [2.05, 4.69) is 0 Å². The first-order chi connectivity index (χ1) is 9.18. The number of allylic oxidation sites excluding steroid dienone is 1. The van der Waals surface area contributed by atoms with Gasteiger partial charge in [-0.15, -0.1) is 11.6 Å². The van der Waals surface area contributed by atoms with Crippen LogP contribution in [0.2, 0.25) is 0 Å². The standard InChI is InChI=1S/C14H12ClNO3/c15-12-10-6-7-11(13(10)17)16(14(12)18)19-8-9-4-2-1-3-5-9/h1-7,10-12H,8H2/t10-,11-,12+/m0/s1. The van der Waals surface area contributed by atoms with E-state index >= 15 is 0 Å². The van der Waals surface area contributed by atoms with Gasteiger partial charge in [-0.05, 0) is 5.56 Å². The minimum absolute atomic E-state index is 0.0762. The van der Waals surface area contributed by atoms with Crippen molar-refractivity contribution in [1.82, 2.24) is 5.06 Å². The number of ketones is 1. The van der Waals surface area contributed by atoms with E-state index in [1.54, 1.807) is 12.2 Å². The molecule has 3 atom stereocenters. The van der Waals surface area contributed by atoms with Gasteiger partial charge in [-0.1, -0.05) is 42.5 Å². The van der Waals surface area contributed by atoms with Gasteiger partial charge in [-0.2, -0.15) is 0 Å². The van der Waals surface area contributed by atoms with E-state index < -0.39 is 17.3 Å². The minimum Gasteiger partial charge on any atom is -0.296 e. The summed E-state index contributed by atoms with van der Waals surface area (Å²) in [7, 11) is 0. The third-order valence-electron chi connectivity index (χ3n) is 3.35. The lowest BCUT2D eigenvalue weighted by atomic mass is 9.97. The molecule has 1 aromatic rings. The first-order valence-electron chi connectivity index (χ1n) is 6.04. The number of Topliss-reactive ketones (excluding diaryl/α,β-unsaturated/α-hetero) is 1. The van der Waals surface area contributed by atoms with E-state index in [1.165, 1.54) is 0 Å². The molecule has 3 rings (SSSR count). The molecule has 1 aliphatic heterocycles. The summed E-state index contributed by atoms with van der Waals surface area (Å²) >= 11 is 5.99. The van der Waals surface area contributed by atoms with Gasteiger partial charge >= 0.3 is 0 Å². The molecule has 1 fully saturated rings. The summed E-state index contributed by atoms with van der Waals surface area (Å²) in [6.45, 7) is 0.235. The Morgan fingerprint density at radius 1 is 1.16 bits per heavy atom. The summed E-state index contributed by atoms with van der Waals surface area (Å²) in [6.07, 6.45) is 3.37. The molecule has 98 valence electrons. The maximum absolute atomic E-state index is 12.0. The van der Waals surface area contributed by atoms with Crippen molar-refractivity contribution in [3.8, 4) is 0 Å². The second-order valence-corrected chi connectivity index (χ2v) is 5.05. The average Bonchev–Trinajstić information content (AvgIpc) is 2.75. The summed E-state index contributed by atoms with van der Waals surface area (Å²) in [5, 5.41) is 0.241. The van der Waals surface area contributed by atoms with Crippen LogP contribution in [0, 0.1) is 5.92 Å². The zero-order valence-corrected chi connectivity index (χ0v) is 10.8. The Morgan fingerprint density at radius 3 is 2.63 bits per heavy atom. The van der Waals surface area contributed by atoms with E-state index in [4.69, 9.17) is 16.4 Å². The van der Waals surface area contributed by atoms with Crippen LogP contribution in [-0.4, -0.2) is 28.2 Å². The van der Waals surface area contributed by atoms with Crippen LogP contribution >= 0.6 is 11.6 Å². The van der Waals surface area contributed by atoms with Crippen LogP contribution in [-0.2, 0) is 21.0 Å². The molecule has 1 aliphatic carbocycles. The van der Waals surface area contributed by atoms with E-state index in [0.29, 0.717) is 0 Å². The Bertz CT molecular complexity index is 543. The molecule has 1 saturated heterocycles. The van der Waals surface area contributed by atoms with Crippen LogP contribution in [0.1, 0.15) is 5.56 Å². The zero-order valence-electron chi connectivity index (χ0n) is 10.0. The van der Waals surface area contributed by atoms with Crippen molar-refractivity contribution in [3.63, 3.8) is 0 Å². The molecule has 0 N–H and O–H groups in total. The molecule has 0 radical (unpaired) electrons. The molecule has 0 spiro atoms. The van der Waals surface area contributed by atoms with Crippen LogP contribution in [0.25, 0.3) is 0 Å². The molecule has 1 aromatic carbocycles. The highest BCUT2D eigenvalue weighted by molar-refractivity contribution is 6.34. The maximum atomic E-state index is 12.0. The number of halogens is 1. The molecular weight excluding hydrogens is 266 g/mol. The normalized spacial score (nSPS) is 29.1. The van der Waals surface area contributed by atoms with E-state index in [0.717, 1.165) is 10.6 Å². The lowest BCUT2D eigenvalue weighted by Gasteiger charge is -2.33. The summed E-state index contributed by atoms with van der Waals surface area (Å²) in [5.74, 6) is -0.930. The van der Waals surface area contributed by atoms with Crippen LogP contribution < -0.4 is 0 Å². The lowest BCUT2D eigenvalue weighted by molar-refractivity contribution is -0.206. The van der Waals surface area contributed by atoms with Crippen molar-refractivity contribution in [3.05, 3.63) is 48.0 Å². The molecular formula is C14H12ClNO3. The largest absolute Gasteiger partial charge is 0.296 e. The number of benzene rings is 1. The molecule has 0 aromatic heterocycles. The minimum atomic E-state index is -0.863. The fraction of sp³-hybridized carbons (Fsp3) is 0.286. The molecule has 4 nitrogen and oxygen atoms in total. The predicted octanol–water partition coefficient (Wildman–Crippen LogP) is 1.69. The fourth-order valence-electron chi connectivity index (χ4n) is 2.32. The van der Waals surface area contributed by atoms with Crippen molar-refractivity contribution >= 4 is 23.3 Å². The maximum Gasteiger partial charge on any atom is 0.266 e. The first-order valence-corrected chi connectivity index (χ1v) is 6.48. The van der Waals surface area contributed by atoms with Crippen LogP contribution in [0.5, 0.6) is 0 Å². The second kappa shape index (κ2) is 4.79.